The zero-order valence-corrected chi connectivity index (χ0v) is 21.2. The van der Waals surface area contributed by atoms with E-state index in [1.54, 1.807) is 60.4 Å². The normalized spacial score (nSPS) is 12.0. The maximum atomic E-state index is 13.0. The maximum Gasteiger partial charge on any atom is 0.341 e. The number of hydrogen-bond donors (Lipinski definition) is 0. The highest BCUT2D eigenvalue weighted by Crippen LogP contribution is 2.25. The predicted octanol–water partition coefficient (Wildman–Crippen LogP) is 3.78. The number of rotatable bonds is 12. The average molecular weight is 506 g/mol. The summed E-state index contributed by atoms with van der Waals surface area (Å²) in [4.78, 5) is 38.9. The minimum Gasteiger partial charge on any atom is -0.467 e. The third-order valence-electron chi connectivity index (χ3n) is 5.02. The van der Waals surface area contributed by atoms with Crippen LogP contribution in [0.15, 0.2) is 48.5 Å². The molecule has 2 rings (SSSR count). The van der Waals surface area contributed by atoms with Crippen molar-refractivity contribution in [3.63, 3.8) is 0 Å². The van der Waals surface area contributed by atoms with Crippen molar-refractivity contribution in [2.45, 2.75) is 45.8 Å². The summed E-state index contributed by atoms with van der Waals surface area (Å²) < 4.78 is 37.8. The minimum atomic E-state index is -3.92. The fourth-order valence-electron chi connectivity index (χ4n) is 3.29. The predicted molar refractivity (Wildman–Crippen MR) is 130 cm³/mol. The molecule has 0 spiro atoms. The molecule has 0 bridgehead atoms. The smallest absolute Gasteiger partial charge is 0.341 e. The Kier molecular flexibility index (Phi) is 10.4. The van der Waals surface area contributed by atoms with E-state index in [4.69, 9.17) is 8.92 Å². The molecule has 2 aromatic carbocycles. The molecule has 190 valence electrons. The summed E-state index contributed by atoms with van der Waals surface area (Å²) in [6.45, 7) is 4.15. The molecule has 0 saturated heterocycles. The van der Waals surface area contributed by atoms with Gasteiger partial charge in [-0.25, -0.2) is 9.59 Å². The Morgan fingerprint density at radius 2 is 1.71 bits per heavy atom. The molecule has 9 nitrogen and oxygen atoms in total. The summed E-state index contributed by atoms with van der Waals surface area (Å²) in [5.41, 5.74) is 1.91. The molecule has 0 aliphatic rings. The minimum absolute atomic E-state index is 0.107. The van der Waals surface area contributed by atoms with Gasteiger partial charge < -0.3 is 14.4 Å². The van der Waals surface area contributed by atoms with E-state index in [-0.39, 0.29) is 19.1 Å². The molecule has 0 aliphatic carbocycles. The fraction of sp³-hybridized carbons (Fsp3) is 0.400. The van der Waals surface area contributed by atoms with Gasteiger partial charge in [0.1, 0.15) is 0 Å². The van der Waals surface area contributed by atoms with E-state index in [2.05, 4.69) is 4.74 Å². The van der Waals surface area contributed by atoms with Crippen molar-refractivity contribution in [1.82, 2.24) is 0 Å². The number of nitrogens with zero attached hydrogens (tertiary/aromatic N) is 1. The van der Waals surface area contributed by atoms with Crippen molar-refractivity contribution in [3.05, 3.63) is 65.2 Å². The average Bonchev–Trinajstić information content (AvgIpc) is 2.84. The quantitative estimate of drug-likeness (QED) is 0.316. The second kappa shape index (κ2) is 13.0. The topological polar surface area (TPSA) is 116 Å². The largest absolute Gasteiger partial charge is 0.467 e. The van der Waals surface area contributed by atoms with Crippen molar-refractivity contribution in [1.29, 1.82) is 0 Å². The Labute approximate surface area is 206 Å². The van der Waals surface area contributed by atoms with Crippen LogP contribution in [0.4, 0.5) is 5.69 Å². The van der Waals surface area contributed by atoms with Crippen molar-refractivity contribution < 1.29 is 36.5 Å². The fourth-order valence-corrected chi connectivity index (χ4v) is 3.83. The van der Waals surface area contributed by atoms with Crippen LogP contribution in [-0.2, 0) is 39.9 Å². The molecule has 0 radical (unpaired) electrons. The zero-order chi connectivity index (χ0) is 26.0. The molecule has 2 aromatic rings. The third kappa shape index (κ3) is 8.48. The number of unbranched alkanes of at least 4 members (excludes halogenated alkanes) is 1. The SMILES string of the molecule is CCCCC(=O)N(Cc1ccc(C(OS(C)(=O)=O)C(=O)OC)cc1)c1cccc(C(=O)OCC)c1. The first-order valence-electron chi connectivity index (χ1n) is 11.2. The van der Waals surface area contributed by atoms with Crippen LogP contribution in [0.3, 0.4) is 0 Å². The van der Waals surface area contributed by atoms with Gasteiger partial charge in [0, 0.05) is 12.1 Å². The van der Waals surface area contributed by atoms with Crippen molar-refractivity contribution in [2.24, 2.45) is 0 Å². The molecule has 0 heterocycles. The molecular weight excluding hydrogens is 474 g/mol. The molecule has 0 fully saturated rings. The van der Waals surface area contributed by atoms with Gasteiger partial charge in [0.25, 0.3) is 10.1 Å². The van der Waals surface area contributed by atoms with Crippen molar-refractivity contribution in [2.75, 3.05) is 24.9 Å². The van der Waals surface area contributed by atoms with Crippen LogP contribution in [0.2, 0.25) is 0 Å². The van der Waals surface area contributed by atoms with Crippen LogP contribution in [-0.4, -0.2) is 46.2 Å². The van der Waals surface area contributed by atoms with Crippen LogP contribution in [0.5, 0.6) is 0 Å². The van der Waals surface area contributed by atoms with Gasteiger partial charge in [0.2, 0.25) is 5.91 Å². The number of anilines is 1. The maximum absolute atomic E-state index is 13.0. The molecule has 35 heavy (non-hydrogen) atoms. The van der Waals surface area contributed by atoms with Gasteiger partial charge >= 0.3 is 11.9 Å². The van der Waals surface area contributed by atoms with Gasteiger partial charge in [-0.05, 0) is 42.7 Å². The Balaban J connectivity index is 2.35. The summed E-state index contributed by atoms with van der Waals surface area (Å²) in [5, 5.41) is 0. The van der Waals surface area contributed by atoms with E-state index in [0.29, 0.717) is 23.2 Å². The Morgan fingerprint density at radius 3 is 2.29 bits per heavy atom. The summed E-state index contributed by atoms with van der Waals surface area (Å²) >= 11 is 0. The highest BCUT2D eigenvalue weighted by atomic mass is 32.2. The van der Waals surface area contributed by atoms with Gasteiger partial charge in [-0.2, -0.15) is 8.42 Å². The number of hydrogen-bond acceptors (Lipinski definition) is 8. The van der Waals surface area contributed by atoms with Gasteiger partial charge in [0.15, 0.2) is 6.10 Å². The lowest BCUT2D eigenvalue weighted by Crippen LogP contribution is -2.30. The van der Waals surface area contributed by atoms with Crippen molar-refractivity contribution >= 4 is 33.7 Å². The first-order chi connectivity index (χ1) is 16.6. The van der Waals surface area contributed by atoms with Crippen LogP contribution in [0.25, 0.3) is 0 Å². The number of amides is 1. The highest BCUT2D eigenvalue weighted by Gasteiger charge is 2.27. The lowest BCUT2D eigenvalue weighted by atomic mass is 10.1. The second-order valence-corrected chi connectivity index (χ2v) is 9.40. The monoisotopic (exact) mass is 505 g/mol. The van der Waals surface area contributed by atoms with E-state index < -0.39 is 28.2 Å². The second-order valence-electron chi connectivity index (χ2n) is 7.80. The summed E-state index contributed by atoms with van der Waals surface area (Å²) in [6, 6.07) is 13.1. The van der Waals surface area contributed by atoms with Gasteiger partial charge in [-0.15, -0.1) is 0 Å². The van der Waals surface area contributed by atoms with E-state index >= 15 is 0 Å². The first-order valence-corrected chi connectivity index (χ1v) is 13.0. The molecule has 10 heteroatoms. The highest BCUT2D eigenvalue weighted by molar-refractivity contribution is 7.86. The molecular formula is C25H31NO8S. The summed E-state index contributed by atoms with van der Waals surface area (Å²) in [6.07, 6.45) is 1.32. The lowest BCUT2D eigenvalue weighted by molar-refractivity contribution is -0.149. The van der Waals surface area contributed by atoms with Gasteiger partial charge in [-0.3, -0.25) is 8.98 Å². The standard InChI is InChI=1S/C25H31NO8S/c1-5-7-11-22(27)26(21-10-8-9-20(16-21)24(28)33-6-2)17-18-12-14-19(15-13-18)23(25(29)32-3)34-35(4,30)31/h8-10,12-16,23H,5-7,11,17H2,1-4H3. The Hall–Kier alpha value is -3.24. The van der Waals surface area contributed by atoms with E-state index in [9.17, 15) is 22.8 Å². The molecule has 1 atom stereocenters. The van der Waals surface area contributed by atoms with E-state index in [0.717, 1.165) is 31.8 Å². The van der Waals surface area contributed by atoms with E-state index in [1.165, 1.54) is 0 Å². The Morgan fingerprint density at radius 1 is 1.03 bits per heavy atom. The lowest BCUT2D eigenvalue weighted by Gasteiger charge is -2.24. The number of ether oxygens (including phenoxy) is 2. The Bertz CT molecular complexity index is 1130. The molecule has 0 saturated carbocycles. The number of benzene rings is 2. The van der Waals surface area contributed by atoms with E-state index in [1.807, 2.05) is 6.92 Å². The van der Waals surface area contributed by atoms with Crippen molar-refractivity contribution in [3.8, 4) is 0 Å². The van der Waals surface area contributed by atoms with Crippen LogP contribution in [0.1, 0.15) is 60.7 Å². The number of carbonyl (C=O) groups is 3. The number of methoxy groups -OCH3 is 1. The first kappa shape index (κ1) is 28.0. The molecule has 0 aliphatic heterocycles. The number of esters is 2. The van der Waals surface area contributed by atoms with Gasteiger partial charge in [0.05, 0.1) is 32.1 Å². The van der Waals surface area contributed by atoms with Crippen LogP contribution < -0.4 is 4.90 Å². The van der Waals surface area contributed by atoms with Gasteiger partial charge in [-0.1, -0.05) is 43.7 Å². The number of carbonyl (C=O) groups excluding carboxylic acids is 3. The summed E-state index contributed by atoms with van der Waals surface area (Å²) in [5.74, 6) is -1.43. The van der Waals surface area contributed by atoms with Crippen LogP contribution >= 0.6 is 0 Å². The summed E-state index contributed by atoms with van der Waals surface area (Å²) in [7, 11) is -2.78. The zero-order valence-electron chi connectivity index (χ0n) is 20.4. The third-order valence-corrected chi connectivity index (χ3v) is 5.57. The molecule has 1 amide bonds. The van der Waals surface area contributed by atoms with Crippen LogP contribution in [0, 0.1) is 0 Å². The molecule has 0 aromatic heterocycles. The molecule has 0 N–H and O–H groups in total. The molecule has 1 unspecified atom stereocenters.